The molecule has 1 aromatic rings. The van der Waals surface area contributed by atoms with E-state index in [0.29, 0.717) is 5.56 Å². The number of benzene rings is 1. The van der Waals surface area contributed by atoms with E-state index in [1.165, 1.54) is 14.0 Å². The lowest BCUT2D eigenvalue weighted by molar-refractivity contribution is -0.322. The topological polar surface area (TPSA) is 328 Å². The summed E-state index contributed by atoms with van der Waals surface area (Å²) in [6, 6.07) is 4.16. The third-order valence-corrected chi connectivity index (χ3v) is 8.87. The molecular formula is C29H44N6O14. The largest absolute Gasteiger partial charge is 0.445 e. The van der Waals surface area contributed by atoms with E-state index in [9.17, 15) is 45.3 Å². The number of aliphatic imine (C=N–C) groups is 2. The third-order valence-electron chi connectivity index (χ3n) is 8.87. The van der Waals surface area contributed by atoms with Crippen LogP contribution in [0.25, 0.3) is 0 Å². The van der Waals surface area contributed by atoms with Gasteiger partial charge in [0.05, 0.1) is 19.0 Å². The summed E-state index contributed by atoms with van der Waals surface area (Å²) >= 11 is 0. The Morgan fingerprint density at radius 2 is 1.65 bits per heavy atom. The summed E-state index contributed by atoms with van der Waals surface area (Å²) in [4.78, 5) is 34.1. The van der Waals surface area contributed by atoms with Crippen molar-refractivity contribution >= 4 is 24.7 Å². The number of guanidine groups is 1. The maximum Gasteiger partial charge on any atom is 0.410 e. The van der Waals surface area contributed by atoms with Crippen molar-refractivity contribution in [2.45, 2.75) is 105 Å². The molecule has 0 spiro atoms. The van der Waals surface area contributed by atoms with Gasteiger partial charge in [-0.05, 0) is 12.5 Å². The number of aliphatic hydroxyl groups excluding tert-OH is 6. The molecule has 2 aliphatic heterocycles. The summed E-state index contributed by atoms with van der Waals surface area (Å²) in [6.45, 7) is 0.306. The molecule has 2 heterocycles. The molecular weight excluding hydrogens is 656 g/mol. The number of aldehydes is 1. The van der Waals surface area contributed by atoms with Crippen molar-refractivity contribution in [1.29, 1.82) is 0 Å². The lowest BCUT2D eigenvalue weighted by Gasteiger charge is -2.47. The minimum atomic E-state index is -2.52. The summed E-state index contributed by atoms with van der Waals surface area (Å²) in [5.41, 5.74) is 14.6. The van der Waals surface area contributed by atoms with Crippen molar-refractivity contribution in [3.8, 4) is 0 Å². The molecule has 3 fully saturated rings. The lowest BCUT2D eigenvalue weighted by atomic mass is 9.81. The van der Waals surface area contributed by atoms with Crippen LogP contribution in [0.2, 0.25) is 0 Å². The van der Waals surface area contributed by atoms with E-state index in [1.807, 2.05) is 0 Å². The SMILES string of the molecule is C[C@@H]1O[C@H](O[C@H]2[C@H](O)[C@@H](O)[C@H](N=CN)[C@H](O)[C@@H]2N=C(N)N)[C@H](O[C@@H]2O[C@@H](CO)[C@H](O)[C@@H](O)[C@@H]2N(C)C(=O)OCc2ccccc2)[C@@]1(O)C=O. The van der Waals surface area contributed by atoms with Crippen LogP contribution in [0.15, 0.2) is 40.3 Å². The van der Waals surface area contributed by atoms with Gasteiger partial charge in [-0.15, -0.1) is 0 Å². The fourth-order valence-corrected chi connectivity index (χ4v) is 6.06. The van der Waals surface area contributed by atoms with Gasteiger partial charge in [-0.2, -0.15) is 0 Å². The Kier molecular flexibility index (Phi) is 12.5. The second-order valence-corrected chi connectivity index (χ2v) is 12.0. The Morgan fingerprint density at radius 3 is 2.24 bits per heavy atom. The molecule has 1 saturated carbocycles. The molecule has 4 rings (SSSR count). The number of carbonyl (C=O) groups is 2. The number of nitrogens with zero attached hydrogens (tertiary/aromatic N) is 3. The van der Waals surface area contributed by atoms with Crippen LogP contribution in [0.1, 0.15) is 12.5 Å². The van der Waals surface area contributed by atoms with Crippen LogP contribution in [0.3, 0.4) is 0 Å². The molecule has 2 saturated heterocycles. The first-order chi connectivity index (χ1) is 23.2. The van der Waals surface area contributed by atoms with Gasteiger partial charge in [0, 0.05) is 7.05 Å². The molecule has 20 heteroatoms. The molecule has 274 valence electrons. The molecule has 1 aromatic carbocycles. The van der Waals surface area contributed by atoms with Gasteiger partial charge in [-0.1, -0.05) is 30.3 Å². The predicted octanol–water partition coefficient (Wildman–Crippen LogP) is -5.40. The minimum absolute atomic E-state index is 0.0939. The summed E-state index contributed by atoms with van der Waals surface area (Å²) in [6.07, 6.45) is -19.0. The van der Waals surface area contributed by atoms with Crippen molar-refractivity contribution in [3.05, 3.63) is 35.9 Å². The second-order valence-electron chi connectivity index (χ2n) is 12.0. The van der Waals surface area contributed by atoms with Crippen molar-refractivity contribution in [1.82, 2.24) is 4.90 Å². The standard InChI is InChI=1S/C29H44N6O14/c1-12-29(44,10-37)24(26(46-12)48-23-16(34-27(31)32)19(39)15(33-11-30)20(40)22(23)42)49-25-17(21(41)18(38)14(8-36)47-25)35(2)28(43)45-9-13-6-4-3-5-7-13/h3-7,10-12,14-26,36,38-42,44H,8-9H2,1-2H3,(H2,30,33)(H4,31,32,34)/t12-,14-,15+,16-,17-,18-,19-,20-,21-,22+,23+,24-,25-,26+,29+/m0/s1. The van der Waals surface area contributed by atoms with Crippen molar-refractivity contribution < 1.29 is 69.0 Å². The zero-order valence-electron chi connectivity index (χ0n) is 26.6. The minimum Gasteiger partial charge on any atom is -0.445 e. The molecule has 13 N–H and O–H groups in total. The number of rotatable bonds is 11. The highest BCUT2D eigenvalue weighted by Gasteiger charge is 2.61. The lowest BCUT2D eigenvalue weighted by Crippen LogP contribution is -2.67. The van der Waals surface area contributed by atoms with Gasteiger partial charge in [-0.3, -0.25) is 9.79 Å². The fraction of sp³-hybridized carbons (Fsp3) is 0.655. The first kappa shape index (κ1) is 38.3. The molecule has 0 bridgehead atoms. The Labute approximate surface area is 280 Å². The van der Waals surface area contributed by atoms with Gasteiger partial charge >= 0.3 is 6.09 Å². The summed E-state index contributed by atoms with van der Waals surface area (Å²) < 4.78 is 28.8. The summed E-state index contributed by atoms with van der Waals surface area (Å²) in [5, 5.41) is 75.9. The van der Waals surface area contributed by atoms with Crippen molar-refractivity contribution in [2.24, 2.45) is 27.2 Å². The van der Waals surface area contributed by atoms with Crippen molar-refractivity contribution in [3.63, 3.8) is 0 Å². The van der Waals surface area contributed by atoms with Crippen LogP contribution < -0.4 is 17.2 Å². The number of likely N-dealkylation sites (N-methyl/N-ethyl adjacent to an activating group) is 1. The van der Waals surface area contributed by atoms with Crippen molar-refractivity contribution in [2.75, 3.05) is 13.7 Å². The van der Waals surface area contributed by atoms with Gasteiger partial charge in [0.15, 0.2) is 30.4 Å². The van der Waals surface area contributed by atoms with E-state index in [4.69, 9.17) is 40.9 Å². The second kappa shape index (κ2) is 16.0. The molecule has 20 nitrogen and oxygen atoms in total. The zero-order chi connectivity index (χ0) is 36.2. The highest BCUT2D eigenvalue weighted by Crippen LogP contribution is 2.39. The average molecular weight is 701 g/mol. The van der Waals surface area contributed by atoms with Crippen LogP contribution >= 0.6 is 0 Å². The number of hydrogen-bond acceptors (Lipinski definition) is 16. The smallest absolute Gasteiger partial charge is 0.410 e. The number of aliphatic hydroxyl groups is 7. The Balaban J connectivity index is 1.66. The van der Waals surface area contributed by atoms with Gasteiger partial charge in [0.1, 0.15) is 73.6 Å². The van der Waals surface area contributed by atoms with Gasteiger partial charge in [0.2, 0.25) is 0 Å². The van der Waals surface area contributed by atoms with Gasteiger partial charge in [-0.25, -0.2) is 9.79 Å². The van der Waals surface area contributed by atoms with Gasteiger partial charge < -0.3 is 81.5 Å². The van der Waals surface area contributed by atoms with Gasteiger partial charge in [0.25, 0.3) is 0 Å². The number of ether oxygens (including phenoxy) is 5. The van der Waals surface area contributed by atoms with Crippen LogP contribution in [0, 0.1) is 0 Å². The fourth-order valence-electron chi connectivity index (χ4n) is 6.06. The number of nitrogens with two attached hydrogens (primary N) is 3. The van der Waals surface area contributed by atoms with E-state index < -0.39 is 110 Å². The Morgan fingerprint density at radius 1 is 0.980 bits per heavy atom. The first-order valence-electron chi connectivity index (χ1n) is 15.3. The molecule has 15 atom stereocenters. The van der Waals surface area contributed by atoms with E-state index in [1.54, 1.807) is 30.3 Å². The highest BCUT2D eigenvalue weighted by atomic mass is 16.8. The van der Waals surface area contributed by atoms with Crippen LogP contribution in [0.4, 0.5) is 4.79 Å². The van der Waals surface area contributed by atoms with Crippen LogP contribution in [-0.4, -0.2) is 170 Å². The maximum atomic E-state index is 13.1. The number of amides is 1. The third kappa shape index (κ3) is 7.79. The first-order valence-corrected chi connectivity index (χ1v) is 15.3. The Hall–Kier alpha value is -3.54. The molecule has 1 amide bonds. The molecule has 0 unspecified atom stereocenters. The monoisotopic (exact) mass is 700 g/mol. The molecule has 49 heavy (non-hydrogen) atoms. The van der Waals surface area contributed by atoms with E-state index in [2.05, 4.69) is 9.98 Å². The molecule has 0 aromatic heterocycles. The summed E-state index contributed by atoms with van der Waals surface area (Å²) in [7, 11) is 1.21. The van der Waals surface area contributed by atoms with E-state index in [0.717, 1.165) is 11.2 Å². The molecule has 3 aliphatic rings. The normalized spacial score (nSPS) is 40.9. The van der Waals surface area contributed by atoms with Crippen LogP contribution in [-0.2, 0) is 35.1 Å². The van der Waals surface area contributed by atoms with Crippen LogP contribution in [0.5, 0.6) is 0 Å². The average Bonchev–Trinajstić information content (AvgIpc) is 3.32. The highest BCUT2D eigenvalue weighted by molar-refractivity contribution is 5.76. The van der Waals surface area contributed by atoms with E-state index in [-0.39, 0.29) is 12.9 Å². The summed E-state index contributed by atoms with van der Waals surface area (Å²) in [5.74, 6) is -0.544. The number of carbonyl (C=O) groups excluding carboxylic acids is 2. The molecule has 0 radical (unpaired) electrons. The number of hydrogen-bond donors (Lipinski definition) is 10. The quantitative estimate of drug-likeness (QED) is 0.0585. The molecule has 1 aliphatic carbocycles. The van der Waals surface area contributed by atoms with E-state index >= 15 is 0 Å². The maximum absolute atomic E-state index is 13.1. The zero-order valence-corrected chi connectivity index (χ0v) is 26.6. The Bertz CT molecular complexity index is 1330. The predicted molar refractivity (Wildman–Crippen MR) is 165 cm³/mol.